The van der Waals surface area contributed by atoms with Crippen molar-refractivity contribution in [1.82, 2.24) is 20.2 Å². The number of thioether (sulfide) groups is 1. The maximum atomic E-state index is 12.2. The van der Waals surface area contributed by atoms with Gasteiger partial charge < -0.3 is 14.0 Å². The van der Waals surface area contributed by atoms with Crippen molar-refractivity contribution in [3.8, 4) is 22.9 Å². The monoisotopic (exact) mass is 493 g/mol. The Balaban J connectivity index is 1.66. The number of amides is 1. The van der Waals surface area contributed by atoms with Gasteiger partial charge in [-0.25, -0.2) is 5.43 Å². The Morgan fingerprint density at radius 3 is 2.69 bits per heavy atom. The molecule has 0 spiro atoms. The number of carbonyl (C=O) groups is 1. The number of hydrogen-bond donors (Lipinski definition) is 1. The van der Waals surface area contributed by atoms with Gasteiger partial charge in [0.05, 0.1) is 36.2 Å². The molecule has 1 N–H and O–H groups in total. The van der Waals surface area contributed by atoms with E-state index in [9.17, 15) is 4.79 Å². The summed E-state index contributed by atoms with van der Waals surface area (Å²) in [5.41, 5.74) is 3.91. The van der Waals surface area contributed by atoms with Crippen LogP contribution >= 0.6 is 35.0 Å². The van der Waals surface area contributed by atoms with Crippen molar-refractivity contribution in [2.45, 2.75) is 18.6 Å². The molecule has 1 aromatic heterocycles. The van der Waals surface area contributed by atoms with Gasteiger partial charge in [-0.3, -0.25) is 4.79 Å². The number of nitrogens with one attached hydrogen (secondary N) is 1. The summed E-state index contributed by atoms with van der Waals surface area (Å²) in [5.74, 6) is 1.73. The summed E-state index contributed by atoms with van der Waals surface area (Å²) in [5, 5.41) is 13.9. The van der Waals surface area contributed by atoms with E-state index in [1.54, 1.807) is 32.4 Å². The first-order chi connectivity index (χ1) is 15.5. The van der Waals surface area contributed by atoms with E-state index in [4.69, 9.17) is 32.7 Å². The molecule has 0 aliphatic heterocycles. The van der Waals surface area contributed by atoms with Crippen LogP contribution in [0.5, 0.6) is 11.5 Å². The summed E-state index contributed by atoms with van der Waals surface area (Å²) in [7, 11) is 3.16. The molecule has 2 aromatic carbocycles. The summed E-state index contributed by atoms with van der Waals surface area (Å²) in [6.45, 7) is 2.61. The predicted molar refractivity (Wildman–Crippen MR) is 127 cm³/mol. The summed E-state index contributed by atoms with van der Waals surface area (Å²) in [4.78, 5) is 12.2. The van der Waals surface area contributed by atoms with E-state index in [0.29, 0.717) is 44.6 Å². The largest absolute Gasteiger partial charge is 0.493 e. The molecule has 0 saturated heterocycles. The average Bonchev–Trinajstić information content (AvgIpc) is 3.22. The van der Waals surface area contributed by atoms with Crippen molar-refractivity contribution in [3.63, 3.8) is 0 Å². The number of carbonyl (C=O) groups excluding carboxylic acids is 1. The lowest BCUT2D eigenvalue weighted by atomic mass is 10.2. The lowest BCUT2D eigenvalue weighted by Gasteiger charge is -2.10. The molecular weight excluding hydrogens is 473 g/mol. The molecule has 0 saturated carbocycles. The van der Waals surface area contributed by atoms with Crippen LogP contribution in [0.15, 0.2) is 46.7 Å². The van der Waals surface area contributed by atoms with Gasteiger partial charge in [-0.15, -0.1) is 10.2 Å². The van der Waals surface area contributed by atoms with Crippen LogP contribution in [0.1, 0.15) is 12.5 Å². The molecule has 1 heterocycles. The zero-order valence-corrected chi connectivity index (χ0v) is 20.0. The van der Waals surface area contributed by atoms with Gasteiger partial charge in [-0.05, 0) is 31.2 Å². The van der Waals surface area contributed by atoms with E-state index >= 15 is 0 Å². The van der Waals surface area contributed by atoms with Gasteiger partial charge in [0.1, 0.15) is 0 Å². The van der Waals surface area contributed by atoms with Crippen molar-refractivity contribution in [3.05, 3.63) is 52.0 Å². The van der Waals surface area contributed by atoms with Crippen molar-refractivity contribution in [2.24, 2.45) is 5.10 Å². The third-order valence-corrected chi connectivity index (χ3v) is 6.18. The summed E-state index contributed by atoms with van der Waals surface area (Å²) in [6.07, 6.45) is 1.44. The van der Waals surface area contributed by atoms with Crippen LogP contribution in [0.4, 0.5) is 0 Å². The molecule has 0 bridgehead atoms. The number of rotatable bonds is 9. The van der Waals surface area contributed by atoms with E-state index in [-0.39, 0.29) is 11.7 Å². The zero-order chi connectivity index (χ0) is 23.1. The first-order valence-electron chi connectivity index (χ1n) is 9.52. The minimum Gasteiger partial charge on any atom is -0.493 e. The highest BCUT2D eigenvalue weighted by Gasteiger charge is 2.16. The number of hydrazone groups is 1. The minimum absolute atomic E-state index is 0.116. The zero-order valence-electron chi connectivity index (χ0n) is 17.6. The molecule has 1 amide bonds. The van der Waals surface area contributed by atoms with E-state index in [1.807, 2.05) is 29.7 Å². The second-order valence-corrected chi connectivity index (χ2v) is 8.07. The summed E-state index contributed by atoms with van der Waals surface area (Å²) < 4.78 is 12.6. The van der Waals surface area contributed by atoms with Gasteiger partial charge in [0.25, 0.3) is 5.91 Å². The normalized spacial score (nSPS) is 11.0. The molecule has 11 heteroatoms. The highest BCUT2D eigenvalue weighted by Crippen LogP contribution is 2.32. The van der Waals surface area contributed by atoms with Gasteiger partial charge in [0.15, 0.2) is 22.5 Å². The second kappa shape index (κ2) is 11.2. The maximum absolute atomic E-state index is 12.2. The lowest BCUT2D eigenvalue weighted by Crippen LogP contribution is -2.20. The third-order valence-electron chi connectivity index (χ3n) is 4.38. The van der Waals surface area contributed by atoms with Crippen LogP contribution in [-0.4, -0.2) is 46.9 Å². The van der Waals surface area contributed by atoms with Crippen LogP contribution in [-0.2, 0) is 11.3 Å². The fraction of sp³-hybridized carbons (Fsp3) is 0.238. The smallest absolute Gasteiger partial charge is 0.250 e. The number of benzene rings is 2. The number of nitrogens with zero attached hydrogens (tertiary/aromatic N) is 4. The number of halogens is 2. The van der Waals surface area contributed by atoms with E-state index in [2.05, 4.69) is 20.7 Å². The number of ether oxygens (including phenoxy) is 2. The predicted octanol–water partition coefficient (Wildman–Crippen LogP) is 4.53. The Bertz CT molecular complexity index is 1140. The van der Waals surface area contributed by atoms with Crippen LogP contribution in [0.3, 0.4) is 0 Å². The minimum atomic E-state index is -0.289. The Morgan fingerprint density at radius 1 is 1.19 bits per heavy atom. The van der Waals surface area contributed by atoms with Gasteiger partial charge in [-0.2, -0.15) is 5.10 Å². The topological polar surface area (TPSA) is 90.6 Å². The molecule has 0 unspecified atom stereocenters. The quantitative estimate of drug-likeness (QED) is 0.267. The molecule has 0 aliphatic carbocycles. The average molecular weight is 494 g/mol. The maximum Gasteiger partial charge on any atom is 0.250 e. The molecule has 0 fully saturated rings. The van der Waals surface area contributed by atoms with Gasteiger partial charge >= 0.3 is 0 Å². The number of aromatic nitrogens is 3. The summed E-state index contributed by atoms with van der Waals surface area (Å²) >= 11 is 13.3. The lowest BCUT2D eigenvalue weighted by molar-refractivity contribution is -0.118. The molecule has 0 radical (unpaired) electrons. The fourth-order valence-electron chi connectivity index (χ4n) is 2.83. The third kappa shape index (κ3) is 5.53. The van der Waals surface area contributed by atoms with Gasteiger partial charge in [0.2, 0.25) is 0 Å². The van der Waals surface area contributed by atoms with E-state index in [1.165, 1.54) is 18.0 Å². The first kappa shape index (κ1) is 23.9. The van der Waals surface area contributed by atoms with Crippen molar-refractivity contribution in [1.29, 1.82) is 0 Å². The molecule has 0 atom stereocenters. The summed E-state index contributed by atoms with van der Waals surface area (Å²) in [6, 6.07) is 10.7. The Morgan fingerprint density at radius 2 is 1.97 bits per heavy atom. The van der Waals surface area contributed by atoms with Crippen LogP contribution in [0, 0.1) is 0 Å². The molecule has 32 heavy (non-hydrogen) atoms. The van der Waals surface area contributed by atoms with Crippen LogP contribution in [0.2, 0.25) is 10.0 Å². The van der Waals surface area contributed by atoms with Crippen molar-refractivity contribution < 1.29 is 14.3 Å². The fourth-order valence-corrected chi connectivity index (χ4v) is 3.98. The Hall–Kier alpha value is -2.75. The van der Waals surface area contributed by atoms with Gasteiger partial charge in [-0.1, -0.05) is 47.1 Å². The van der Waals surface area contributed by atoms with Crippen LogP contribution in [0.25, 0.3) is 11.4 Å². The van der Waals surface area contributed by atoms with Crippen LogP contribution < -0.4 is 14.9 Å². The number of hydrogen-bond acceptors (Lipinski definition) is 7. The SMILES string of the molecule is CCn1c(SCC(=O)N/N=C/c2cccc(Cl)c2Cl)nnc1-c1ccc(OC)c(OC)c1. The molecule has 0 aliphatic rings. The molecule has 168 valence electrons. The van der Waals surface area contributed by atoms with Crippen molar-refractivity contribution in [2.75, 3.05) is 20.0 Å². The molecule has 8 nitrogen and oxygen atoms in total. The van der Waals surface area contributed by atoms with Gasteiger partial charge in [0, 0.05) is 17.7 Å². The Kier molecular flexibility index (Phi) is 8.38. The highest BCUT2D eigenvalue weighted by molar-refractivity contribution is 7.99. The second-order valence-electron chi connectivity index (χ2n) is 6.35. The first-order valence-corrected chi connectivity index (χ1v) is 11.3. The standard InChI is InChI=1S/C21H21Cl2N5O3S/c1-4-28-20(13-8-9-16(30-2)17(10-13)31-3)26-27-21(28)32-12-18(29)25-24-11-14-6-5-7-15(22)19(14)23/h5-11H,4,12H2,1-3H3,(H,25,29)/b24-11+. The molecule has 3 rings (SSSR count). The van der Waals surface area contributed by atoms with E-state index < -0.39 is 0 Å². The molecular formula is C21H21Cl2N5O3S. The molecule has 3 aromatic rings. The van der Waals surface area contributed by atoms with Crippen molar-refractivity contribution >= 4 is 47.1 Å². The number of methoxy groups -OCH3 is 2. The van der Waals surface area contributed by atoms with E-state index in [0.717, 1.165) is 5.56 Å². The Labute approximate surface area is 199 Å². The highest BCUT2D eigenvalue weighted by atomic mass is 35.5.